The van der Waals surface area contributed by atoms with Crippen molar-refractivity contribution in [2.24, 2.45) is 29.2 Å². The Balaban J connectivity index is 4.05. The minimum atomic E-state index is 0.348. The largest absolute Gasteiger partial charge is 0.328 e. The molecule has 0 bridgehead atoms. The lowest BCUT2D eigenvalue weighted by Crippen LogP contribution is -2.21. The van der Waals surface area contributed by atoms with Gasteiger partial charge in [-0.2, -0.15) is 0 Å². The number of hydrogen-bond donors (Lipinski definition) is 2. The molecule has 0 saturated heterocycles. The molecule has 2 nitrogen and oxygen atoms in total. The van der Waals surface area contributed by atoms with Gasteiger partial charge in [-0.25, -0.2) is 0 Å². The van der Waals surface area contributed by atoms with Crippen LogP contribution in [0.2, 0.25) is 0 Å². The summed E-state index contributed by atoms with van der Waals surface area (Å²) in [4.78, 5) is 0. The van der Waals surface area contributed by atoms with E-state index in [2.05, 4.69) is 34.6 Å². The Labute approximate surface area is 134 Å². The Morgan fingerprint density at radius 2 is 1.29 bits per heavy atom. The smallest absolute Gasteiger partial charge is 0.00362 e. The zero-order chi connectivity index (χ0) is 16.3. The van der Waals surface area contributed by atoms with Gasteiger partial charge in [0.15, 0.2) is 0 Å². The average Bonchev–Trinajstić information content (AvgIpc) is 2.44. The van der Waals surface area contributed by atoms with Crippen molar-refractivity contribution in [2.75, 3.05) is 0 Å². The summed E-state index contributed by atoms with van der Waals surface area (Å²) < 4.78 is 0. The van der Waals surface area contributed by atoms with Crippen molar-refractivity contribution < 1.29 is 0 Å². The first-order valence-corrected chi connectivity index (χ1v) is 9.43. The summed E-state index contributed by atoms with van der Waals surface area (Å²) in [6, 6.07) is 0.759. The van der Waals surface area contributed by atoms with Crippen LogP contribution < -0.4 is 11.5 Å². The Morgan fingerprint density at radius 1 is 0.714 bits per heavy atom. The second-order valence-corrected chi connectivity index (χ2v) is 7.44. The molecule has 0 spiro atoms. The topological polar surface area (TPSA) is 52.0 Å². The van der Waals surface area contributed by atoms with Crippen molar-refractivity contribution in [1.82, 2.24) is 0 Å². The predicted octanol–water partition coefficient (Wildman–Crippen LogP) is 5.10. The second kappa shape index (κ2) is 12.5. The molecule has 4 N–H and O–H groups in total. The van der Waals surface area contributed by atoms with E-state index in [-0.39, 0.29) is 0 Å². The minimum absolute atomic E-state index is 0.348. The van der Waals surface area contributed by atoms with Crippen molar-refractivity contribution in [1.29, 1.82) is 0 Å². The van der Waals surface area contributed by atoms with Gasteiger partial charge in [-0.05, 0) is 56.8 Å². The van der Waals surface area contributed by atoms with E-state index < -0.39 is 0 Å². The highest BCUT2D eigenvalue weighted by Crippen LogP contribution is 2.29. The zero-order valence-electron chi connectivity index (χ0n) is 15.4. The maximum atomic E-state index is 6.01. The second-order valence-electron chi connectivity index (χ2n) is 7.44. The fourth-order valence-corrected chi connectivity index (χ4v) is 3.48. The highest BCUT2D eigenvalue weighted by Gasteiger charge is 2.17. The molecule has 0 aromatic heterocycles. The summed E-state index contributed by atoms with van der Waals surface area (Å²) in [5, 5.41) is 0. The summed E-state index contributed by atoms with van der Waals surface area (Å²) >= 11 is 0. The van der Waals surface area contributed by atoms with E-state index in [9.17, 15) is 0 Å². The monoisotopic (exact) mass is 298 g/mol. The predicted molar refractivity (Wildman–Crippen MR) is 96.3 cm³/mol. The Morgan fingerprint density at radius 3 is 1.76 bits per heavy atom. The fourth-order valence-electron chi connectivity index (χ4n) is 3.48. The highest BCUT2D eigenvalue weighted by atomic mass is 14.6. The first kappa shape index (κ1) is 20.9. The van der Waals surface area contributed by atoms with Gasteiger partial charge in [0.25, 0.3) is 0 Å². The maximum absolute atomic E-state index is 6.01. The van der Waals surface area contributed by atoms with Gasteiger partial charge in [0.2, 0.25) is 0 Å². The van der Waals surface area contributed by atoms with Crippen LogP contribution in [0.15, 0.2) is 0 Å². The molecule has 2 heteroatoms. The Hall–Kier alpha value is -0.0800. The molecule has 5 unspecified atom stereocenters. The van der Waals surface area contributed by atoms with Crippen LogP contribution in [-0.4, -0.2) is 12.1 Å². The Bertz CT molecular complexity index is 228. The van der Waals surface area contributed by atoms with Crippen LogP contribution in [-0.2, 0) is 0 Å². The first-order valence-electron chi connectivity index (χ1n) is 9.43. The lowest BCUT2D eigenvalue weighted by atomic mass is 9.81. The van der Waals surface area contributed by atoms with Gasteiger partial charge in [-0.1, -0.05) is 53.4 Å². The molecule has 0 saturated carbocycles. The normalized spacial score (nSPS) is 19.0. The maximum Gasteiger partial charge on any atom is 0.00362 e. The third kappa shape index (κ3) is 11.2. The van der Waals surface area contributed by atoms with Gasteiger partial charge in [0.05, 0.1) is 0 Å². The number of rotatable bonds is 13. The third-order valence-electron chi connectivity index (χ3n) is 5.06. The molecule has 128 valence electrons. The van der Waals surface area contributed by atoms with Crippen LogP contribution in [0.3, 0.4) is 0 Å². The summed E-state index contributed by atoms with van der Waals surface area (Å²) in [5.41, 5.74) is 12.0. The summed E-state index contributed by atoms with van der Waals surface area (Å²) in [6.45, 7) is 11.4. The van der Waals surface area contributed by atoms with Crippen LogP contribution in [0.25, 0.3) is 0 Å². The molecule has 0 aliphatic carbocycles. The van der Waals surface area contributed by atoms with Crippen LogP contribution in [0, 0.1) is 17.8 Å². The molecular weight excluding hydrogens is 256 g/mol. The van der Waals surface area contributed by atoms with Gasteiger partial charge in [-0.3, -0.25) is 0 Å². The van der Waals surface area contributed by atoms with E-state index in [1.807, 2.05) is 0 Å². The van der Waals surface area contributed by atoms with Gasteiger partial charge < -0.3 is 11.5 Å². The van der Waals surface area contributed by atoms with Crippen LogP contribution in [0.1, 0.15) is 92.4 Å². The molecule has 0 fully saturated rings. The van der Waals surface area contributed by atoms with Gasteiger partial charge in [-0.15, -0.1) is 0 Å². The molecule has 0 aromatic carbocycles. The molecule has 0 heterocycles. The molecule has 0 aliphatic heterocycles. The highest BCUT2D eigenvalue weighted by molar-refractivity contribution is 4.71. The van der Waals surface area contributed by atoms with Crippen LogP contribution in [0.5, 0.6) is 0 Å². The molecule has 5 atom stereocenters. The number of nitrogens with two attached hydrogens (primary N) is 2. The van der Waals surface area contributed by atoms with Crippen molar-refractivity contribution in [3.8, 4) is 0 Å². The molecular formula is C19H42N2. The summed E-state index contributed by atoms with van der Waals surface area (Å²) in [7, 11) is 0. The lowest BCUT2D eigenvalue weighted by molar-refractivity contribution is 0.273. The van der Waals surface area contributed by atoms with Crippen molar-refractivity contribution in [3.05, 3.63) is 0 Å². The summed E-state index contributed by atoms with van der Waals surface area (Å²) in [6.07, 6.45) is 11.5. The van der Waals surface area contributed by atoms with Crippen molar-refractivity contribution in [3.63, 3.8) is 0 Å². The molecule has 0 amide bonds. The van der Waals surface area contributed by atoms with Crippen LogP contribution in [0.4, 0.5) is 0 Å². The van der Waals surface area contributed by atoms with E-state index >= 15 is 0 Å². The lowest BCUT2D eigenvalue weighted by Gasteiger charge is -2.25. The zero-order valence-corrected chi connectivity index (χ0v) is 15.4. The summed E-state index contributed by atoms with van der Waals surface area (Å²) in [5.74, 6) is 2.53. The van der Waals surface area contributed by atoms with E-state index in [4.69, 9.17) is 11.5 Å². The SMILES string of the molecule is CCC(N)CCCC(C)CC(CC)CC(CC)CC(C)N. The quantitative estimate of drug-likeness (QED) is 0.497. The van der Waals surface area contributed by atoms with E-state index in [1.165, 1.54) is 51.4 Å². The Kier molecular flexibility index (Phi) is 12.4. The van der Waals surface area contributed by atoms with E-state index in [1.54, 1.807) is 0 Å². The molecule has 0 radical (unpaired) electrons. The van der Waals surface area contributed by atoms with Gasteiger partial charge in [0, 0.05) is 12.1 Å². The minimum Gasteiger partial charge on any atom is -0.328 e. The fraction of sp³-hybridized carbons (Fsp3) is 1.00. The number of hydrogen-bond acceptors (Lipinski definition) is 2. The third-order valence-corrected chi connectivity index (χ3v) is 5.06. The molecule has 0 rings (SSSR count). The molecule has 21 heavy (non-hydrogen) atoms. The van der Waals surface area contributed by atoms with E-state index in [0.717, 1.165) is 24.2 Å². The van der Waals surface area contributed by atoms with Crippen molar-refractivity contribution in [2.45, 2.75) is 104 Å². The molecule has 0 aromatic rings. The average molecular weight is 299 g/mol. The van der Waals surface area contributed by atoms with Crippen LogP contribution >= 0.6 is 0 Å². The van der Waals surface area contributed by atoms with Gasteiger partial charge in [0.1, 0.15) is 0 Å². The molecule has 0 aliphatic rings. The standard InChI is InChI=1S/C19H42N2/c1-6-17(14-18(7-2)13-16(5)20)12-15(4)10-9-11-19(21)8-3/h15-19H,6-14,20-21H2,1-5H3. The van der Waals surface area contributed by atoms with Gasteiger partial charge >= 0.3 is 0 Å². The van der Waals surface area contributed by atoms with Crippen molar-refractivity contribution >= 4 is 0 Å². The van der Waals surface area contributed by atoms with E-state index in [0.29, 0.717) is 12.1 Å². The first-order chi connectivity index (χ1) is 9.92.